The Balaban J connectivity index is -0.000000720. The molecule has 0 aromatic heterocycles. The maximum absolute atomic E-state index is 10.6. The van der Waals surface area contributed by atoms with Crippen LogP contribution in [0.4, 0.5) is 0 Å². The summed E-state index contributed by atoms with van der Waals surface area (Å²) in [5.41, 5.74) is 5.83. The summed E-state index contributed by atoms with van der Waals surface area (Å²) in [6.45, 7) is 5.41. The number of carbonyl (C=O) groups excluding carboxylic acids is 1. The molecule has 0 radical (unpaired) electrons. The van der Waals surface area contributed by atoms with E-state index in [9.17, 15) is 4.79 Å². The molecular formula is C10H22NNaO2. The fourth-order valence-corrected chi connectivity index (χ4v) is 1.21. The van der Waals surface area contributed by atoms with Crippen LogP contribution in [0, 0.1) is 0 Å². The average Bonchev–Trinajstić information content (AvgIpc) is 2.03. The maximum Gasteiger partial charge on any atom is 1.00 e. The third-order valence-corrected chi connectivity index (χ3v) is 2.10. The standard InChI is InChI=1S/C10H21NO2.Na.H/c1-4-5-6-7-10(11)8(2)13-9(3)12;;/h8,10H,4-7,11H2,1-3H3;;/q;+1;-1. The van der Waals surface area contributed by atoms with Crippen molar-refractivity contribution in [3.8, 4) is 0 Å². The smallest absolute Gasteiger partial charge is 1.00 e. The third-order valence-electron chi connectivity index (χ3n) is 2.10. The Morgan fingerprint density at radius 1 is 1.50 bits per heavy atom. The van der Waals surface area contributed by atoms with E-state index in [1.807, 2.05) is 6.92 Å². The zero-order valence-corrected chi connectivity index (χ0v) is 11.9. The van der Waals surface area contributed by atoms with Gasteiger partial charge in [-0.05, 0) is 13.3 Å². The zero-order valence-electron chi connectivity index (χ0n) is 10.9. The zero-order chi connectivity index (χ0) is 10.3. The number of esters is 1. The Hall–Kier alpha value is 0.430. The monoisotopic (exact) mass is 211 g/mol. The van der Waals surface area contributed by atoms with Crippen LogP contribution in [0.1, 0.15) is 47.9 Å². The van der Waals surface area contributed by atoms with E-state index >= 15 is 0 Å². The van der Waals surface area contributed by atoms with Gasteiger partial charge >= 0.3 is 35.5 Å². The summed E-state index contributed by atoms with van der Waals surface area (Å²) >= 11 is 0. The maximum atomic E-state index is 10.6. The predicted octanol–water partition coefficient (Wildman–Crippen LogP) is -1.04. The van der Waals surface area contributed by atoms with E-state index in [1.54, 1.807) is 0 Å². The van der Waals surface area contributed by atoms with Crippen LogP contribution in [0.2, 0.25) is 0 Å². The summed E-state index contributed by atoms with van der Waals surface area (Å²) in [7, 11) is 0. The van der Waals surface area contributed by atoms with Crippen LogP contribution in [0.5, 0.6) is 0 Å². The van der Waals surface area contributed by atoms with Gasteiger partial charge in [0.05, 0.1) is 0 Å². The number of ether oxygens (including phenoxy) is 1. The molecule has 3 nitrogen and oxygen atoms in total. The van der Waals surface area contributed by atoms with Crippen molar-refractivity contribution < 1.29 is 40.5 Å². The molecule has 0 aromatic carbocycles. The summed E-state index contributed by atoms with van der Waals surface area (Å²) in [6.07, 6.45) is 4.27. The number of rotatable bonds is 6. The fourth-order valence-electron chi connectivity index (χ4n) is 1.21. The summed E-state index contributed by atoms with van der Waals surface area (Å²) in [6, 6.07) is -0.0181. The third kappa shape index (κ3) is 9.00. The summed E-state index contributed by atoms with van der Waals surface area (Å²) < 4.78 is 4.98. The van der Waals surface area contributed by atoms with Gasteiger partial charge in [0.2, 0.25) is 0 Å². The number of hydrogen-bond donors (Lipinski definition) is 1. The van der Waals surface area contributed by atoms with Crippen LogP contribution >= 0.6 is 0 Å². The van der Waals surface area contributed by atoms with Gasteiger partial charge in [0, 0.05) is 13.0 Å². The molecule has 4 heteroatoms. The molecular weight excluding hydrogens is 189 g/mol. The van der Waals surface area contributed by atoms with Crippen molar-refractivity contribution >= 4 is 5.97 Å². The van der Waals surface area contributed by atoms with Gasteiger partial charge in [-0.25, -0.2) is 0 Å². The molecule has 0 aromatic rings. The van der Waals surface area contributed by atoms with E-state index in [0.717, 1.165) is 12.8 Å². The molecule has 2 N–H and O–H groups in total. The molecule has 0 saturated heterocycles. The molecule has 0 fully saturated rings. The first-order valence-corrected chi connectivity index (χ1v) is 5.00. The molecule has 14 heavy (non-hydrogen) atoms. The largest absolute Gasteiger partial charge is 1.00 e. The molecule has 0 bridgehead atoms. The van der Waals surface area contributed by atoms with Crippen LogP contribution in [0.25, 0.3) is 0 Å². The van der Waals surface area contributed by atoms with Gasteiger partial charge in [-0.3, -0.25) is 4.79 Å². The second-order valence-corrected chi connectivity index (χ2v) is 3.47. The van der Waals surface area contributed by atoms with E-state index in [0.29, 0.717) is 0 Å². The molecule has 0 aliphatic heterocycles. The molecule has 0 aliphatic rings. The van der Waals surface area contributed by atoms with Gasteiger partial charge in [-0.2, -0.15) is 0 Å². The summed E-state index contributed by atoms with van der Waals surface area (Å²) in [4.78, 5) is 10.6. The van der Waals surface area contributed by atoms with E-state index < -0.39 is 0 Å². The van der Waals surface area contributed by atoms with Gasteiger partial charge in [-0.15, -0.1) is 0 Å². The Morgan fingerprint density at radius 3 is 2.50 bits per heavy atom. The quantitative estimate of drug-likeness (QED) is 0.347. The molecule has 0 heterocycles. The minimum absolute atomic E-state index is 0. The average molecular weight is 211 g/mol. The number of nitrogens with two attached hydrogens (primary N) is 1. The second-order valence-electron chi connectivity index (χ2n) is 3.47. The van der Waals surface area contributed by atoms with Crippen molar-refractivity contribution in [1.82, 2.24) is 0 Å². The van der Waals surface area contributed by atoms with Crippen LogP contribution < -0.4 is 35.3 Å². The molecule has 0 saturated carbocycles. The van der Waals surface area contributed by atoms with E-state index in [2.05, 4.69) is 6.92 Å². The van der Waals surface area contributed by atoms with Crippen molar-refractivity contribution in [2.24, 2.45) is 5.73 Å². The molecule has 0 rings (SSSR count). The van der Waals surface area contributed by atoms with Crippen LogP contribution in [0.15, 0.2) is 0 Å². The fraction of sp³-hybridized carbons (Fsp3) is 0.900. The van der Waals surface area contributed by atoms with E-state index in [-0.39, 0.29) is 49.1 Å². The van der Waals surface area contributed by atoms with E-state index in [4.69, 9.17) is 10.5 Å². The van der Waals surface area contributed by atoms with Gasteiger partial charge in [0.1, 0.15) is 6.10 Å². The van der Waals surface area contributed by atoms with Crippen molar-refractivity contribution in [1.29, 1.82) is 0 Å². The van der Waals surface area contributed by atoms with E-state index in [1.165, 1.54) is 19.8 Å². The van der Waals surface area contributed by atoms with Crippen LogP contribution in [-0.2, 0) is 9.53 Å². The summed E-state index contributed by atoms with van der Waals surface area (Å²) in [5, 5.41) is 0. The van der Waals surface area contributed by atoms with Crippen molar-refractivity contribution in [3.05, 3.63) is 0 Å². The summed E-state index contributed by atoms with van der Waals surface area (Å²) in [5.74, 6) is -0.251. The molecule has 0 spiro atoms. The Bertz CT molecular complexity index is 158. The minimum atomic E-state index is -0.251. The Kier molecular flexibility index (Phi) is 12.0. The van der Waals surface area contributed by atoms with Crippen molar-refractivity contribution in [2.45, 2.75) is 58.6 Å². The molecule has 80 valence electrons. The second kappa shape index (κ2) is 9.97. The number of carbonyl (C=O) groups is 1. The number of unbranched alkanes of at least 4 members (excludes halogenated alkanes) is 2. The van der Waals surface area contributed by atoms with Gasteiger partial charge in [0.15, 0.2) is 0 Å². The number of hydrogen-bond acceptors (Lipinski definition) is 3. The first kappa shape index (κ1) is 16.8. The topological polar surface area (TPSA) is 52.3 Å². The minimum Gasteiger partial charge on any atom is -1.00 e. The van der Waals surface area contributed by atoms with Crippen molar-refractivity contribution in [3.63, 3.8) is 0 Å². The predicted molar refractivity (Wildman–Crippen MR) is 54.5 cm³/mol. The van der Waals surface area contributed by atoms with Crippen molar-refractivity contribution in [2.75, 3.05) is 0 Å². The first-order valence-electron chi connectivity index (χ1n) is 5.00. The SMILES string of the molecule is CCCCCC(N)C(C)OC(C)=O.[H-].[Na+]. The van der Waals surface area contributed by atoms with Gasteiger partial charge < -0.3 is 11.9 Å². The Morgan fingerprint density at radius 2 is 2.07 bits per heavy atom. The molecule has 0 aliphatic carbocycles. The Labute approximate surface area is 111 Å². The van der Waals surface area contributed by atoms with Gasteiger partial charge in [-0.1, -0.05) is 26.2 Å². The first-order chi connectivity index (χ1) is 6.07. The van der Waals surface area contributed by atoms with Gasteiger partial charge in [0.25, 0.3) is 0 Å². The normalized spacial score (nSPS) is 14.0. The molecule has 2 atom stereocenters. The molecule has 0 amide bonds. The van der Waals surface area contributed by atoms with Crippen LogP contribution in [0.3, 0.4) is 0 Å². The molecule has 2 unspecified atom stereocenters. The van der Waals surface area contributed by atoms with Crippen LogP contribution in [-0.4, -0.2) is 18.1 Å².